The smallest absolute Gasteiger partial charge is 0.225 e. The molecule has 0 aliphatic heterocycles. The average molecular weight is 496 g/mol. The van der Waals surface area contributed by atoms with Crippen LogP contribution in [0.4, 0.5) is 22.0 Å². The number of fused-ring (bicyclic) bond motifs is 1. The number of rotatable bonds is 7. The van der Waals surface area contributed by atoms with Gasteiger partial charge in [-0.15, -0.1) is 0 Å². The number of aromatic nitrogens is 4. The van der Waals surface area contributed by atoms with Crippen LogP contribution in [0.2, 0.25) is 10.0 Å². The van der Waals surface area contributed by atoms with Crippen molar-refractivity contribution in [3.63, 3.8) is 0 Å². The van der Waals surface area contributed by atoms with Crippen LogP contribution in [-0.2, 0) is 4.79 Å². The van der Waals surface area contributed by atoms with Gasteiger partial charge in [-0.3, -0.25) is 9.36 Å². The largest absolute Gasteiger partial charge is 0.394 e. The minimum atomic E-state index is -0.548. The van der Waals surface area contributed by atoms with Crippen molar-refractivity contribution in [2.45, 2.75) is 44.7 Å². The van der Waals surface area contributed by atoms with Gasteiger partial charge in [-0.2, -0.15) is 4.98 Å². The highest BCUT2D eigenvalue weighted by molar-refractivity contribution is 6.39. The SMILES string of the molecule is C[C@@H](CO)Nc1ncc2nc(Nc3c(Cl)cc(F)cc3Cl)n([C@H]3CC[C@H](C(N)=O)CC3)c2n1. The standard InChI is InChI=1S/C21H24Cl2FN7O2/c1-10(9-32)27-20-26-8-16-19(30-20)31(13-4-2-11(3-5-13)18(25)33)21(28-16)29-17-14(22)6-12(24)7-15(17)23/h6-8,10-11,13,32H,2-5,9H2,1H3,(H2,25,33)(H,28,29)(H,26,27,30)/t10-,11-,13-/m0/s1. The molecule has 1 saturated carbocycles. The highest BCUT2D eigenvalue weighted by Gasteiger charge is 2.29. The van der Waals surface area contributed by atoms with Crippen LogP contribution in [0.1, 0.15) is 38.6 Å². The van der Waals surface area contributed by atoms with Crippen molar-refractivity contribution in [1.29, 1.82) is 0 Å². The van der Waals surface area contributed by atoms with Crippen LogP contribution in [0.25, 0.3) is 11.2 Å². The molecule has 0 bridgehead atoms. The Kier molecular flexibility index (Phi) is 6.87. The van der Waals surface area contributed by atoms with E-state index in [0.29, 0.717) is 54.4 Å². The molecule has 0 radical (unpaired) electrons. The maximum Gasteiger partial charge on any atom is 0.225 e. The van der Waals surface area contributed by atoms with E-state index in [1.54, 1.807) is 6.20 Å². The molecule has 1 atom stereocenters. The van der Waals surface area contributed by atoms with Gasteiger partial charge in [0.1, 0.15) is 11.3 Å². The summed E-state index contributed by atoms with van der Waals surface area (Å²) in [6, 6.07) is 2.07. The molecular weight excluding hydrogens is 472 g/mol. The molecule has 12 heteroatoms. The second-order valence-corrected chi connectivity index (χ2v) is 9.03. The van der Waals surface area contributed by atoms with E-state index >= 15 is 0 Å². The number of halogens is 3. The minimum absolute atomic E-state index is 0.0240. The number of hydrogen-bond acceptors (Lipinski definition) is 7. The quantitative estimate of drug-likeness (QED) is 0.389. The summed E-state index contributed by atoms with van der Waals surface area (Å²) in [6.45, 7) is 1.73. The van der Waals surface area contributed by atoms with Crippen LogP contribution in [-0.4, -0.2) is 43.2 Å². The fraction of sp³-hybridized carbons (Fsp3) is 0.429. The number of imidazole rings is 1. The number of benzene rings is 1. The molecule has 0 spiro atoms. The fourth-order valence-corrected chi connectivity index (χ4v) is 4.61. The molecule has 2 heterocycles. The molecule has 1 aromatic carbocycles. The van der Waals surface area contributed by atoms with Gasteiger partial charge in [-0.05, 0) is 44.7 Å². The molecule has 33 heavy (non-hydrogen) atoms. The monoisotopic (exact) mass is 495 g/mol. The molecule has 0 saturated heterocycles. The summed E-state index contributed by atoms with van der Waals surface area (Å²) in [5.74, 6) is -0.233. The normalized spacial score (nSPS) is 19.4. The zero-order chi connectivity index (χ0) is 23.7. The van der Waals surface area contributed by atoms with Crippen molar-refractivity contribution in [2.75, 3.05) is 17.2 Å². The Morgan fingerprint density at radius 2 is 1.94 bits per heavy atom. The van der Waals surface area contributed by atoms with Crippen molar-refractivity contribution < 1.29 is 14.3 Å². The van der Waals surface area contributed by atoms with Gasteiger partial charge in [-0.25, -0.2) is 14.4 Å². The van der Waals surface area contributed by atoms with Crippen LogP contribution in [0.15, 0.2) is 18.3 Å². The van der Waals surface area contributed by atoms with E-state index in [1.165, 1.54) is 12.1 Å². The van der Waals surface area contributed by atoms with Gasteiger partial charge in [0.25, 0.3) is 0 Å². The number of carbonyl (C=O) groups excluding carboxylic acids is 1. The van der Waals surface area contributed by atoms with E-state index in [4.69, 9.17) is 28.9 Å². The Morgan fingerprint density at radius 1 is 1.27 bits per heavy atom. The maximum atomic E-state index is 13.7. The topological polar surface area (TPSA) is 131 Å². The first kappa shape index (κ1) is 23.5. The first-order valence-electron chi connectivity index (χ1n) is 10.6. The summed E-state index contributed by atoms with van der Waals surface area (Å²) in [6.07, 6.45) is 4.26. The van der Waals surface area contributed by atoms with Gasteiger partial charge < -0.3 is 21.5 Å². The van der Waals surface area contributed by atoms with Crippen molar-refractivity contribution in [1.82, 2.24) is 19.5 Å². The highest BCUT2D eigenvalue weighted by Crippen LogP contribution is 2.39. The van der Waals surface area contributed by atoms with Gasteiger partial charge in [0.15, 0.2) is 5.65 Å². The Labute approximate surface area is 199 Å². The van der Waals surface area contributed by atoms with E-state index in [0.717, 1.165) is 0 Å². The molecule has 1 fully saturated rings. The first-order chi connectivity index (χ1) is 15.8. The summed E-state index contributed by atoms with van der Waals surface area (Å²) in [7, 11) is 0. The van der Waals surface area contributed by atoms with Gasteiger partial charge in [0.05, 0.1) is 28.5 Å². The van der Waals surface area contributed by atoms with E-state index in [9.17, 15) is 14.3 Å². The van der Waals surface area contributed by atoms with E-state index in [2.05, 4.69) is 25.6 Å². The lowest BCUT2D eigenvalue weighted by Crippen LogP contribution is -2.29. The number of hydrogen-bond donors (Lipinski definition) is 4. The van der Waals surface area contributed by atoms with E-state index in [1.807, 2.05) is 11.5 Å². The zero-order valence-electron chi connectivity index (χ0n) is 17.9. The molecule has 5 N–H and O–H groups in total. The van der Waals surface area contributed by atoms with Crippen LogP contribution >= 0.6 is 23.2 Å². The summed E-state index contributed by atoms with van der Waals surface area (Å²) in [4.78, 5) is 25.2. The van der Waals surface area contributed by atoms with Gasteiger partial charge in [0, 0.05) is 18.0 Å². The molecule has 0 unspecified atom stereocenters. The van der Waals surface area contributed by atoms with E-state index < -0.39 is 5.82 Å². The summed E-state index contributed by atoms with van der Waals surface area (Å²) in [5, 5.41) is 15.7. The molecule has 3 aromatic rings. The molecule has 9 nitrogen and oxygen atoms in total. The number of nitrogens with one attached hydrogen (secondary N) is 2. The number of amides is 1. The lowest BCUT2D eigenvalue weighted by atomic mass is 9.85. The van der Waals surface area contributed by atoms with Crippen LogP contribution in [0.3, 0.4) is 0 Å². The molecule has 1 aliphatic rings. The van der Waals surface area contributed by atoms with Gasteiger partial charge >= 0.3 is 0 Å². The number of nitrogens with zero attached hydrogens (tertiary/aromatic N) is 4. The van der Waals surface area contributed by atoms with Crippen molar-refractivity contribution >= 4 is 57.9 Å². The number of aliphatic hydroxyl groups is 1. The third-order valence-electron chi connectivity index (χ3n) is 5.79. The maximum absolute atomic E-state index is 13.7. The Bertz CT molecular complexity index is 1160. The predicted octanol–water partition coefficient (Wildman–Crippen LogP) is 4.03. The molecule has 2 aromatic heterocycles. The van der Waals surface area contributed by atoms with Crippen LogP contribution in [0, 0.1) is 11.7 Å². The third kappa shape index (κ3) is 4.97. The molecule has 176 valence electrons. The van der Waals surface area contributed by atoms with Crippen molar-refractivity contribution in [3.05, 3.63) is 34.2 Å². The van der Waals surface area contributed by atoms with Crippen LogP contribution in [0.5, 0.6) is 0 Å². The number of nitrogens with two attached hydrogens (primary N) is 1. The second kappa shape index (κ2) is 9.66. The van der Waals surface area contributed by atoms with Gasteiger partial charge in [-0.1, -0.05) is 23.2 Å². The molecular formula is C21H24Cl2FN7O2. The first-order valence-corrected chi connectivity index (χ1v) is 11.4. The molecule has 1 amide bonds. The molecule has 4 rings (SSSR count). The average Bonchev–Trinajstić information content (AvgIpc) is 3.13. The van der Waals surface area contributed by atoms with Crippen LogP contribution < -0.4 is 16.4 Å². The summed E-state index contributed by atoms with van der Waals surface area (Å²) >= 11 is 12.5. The lowest BCUT2D eigenvalue weighted by molar-refractivity contribution is -0.122. The van der Waals surface area contributed by atoms with E-state index in [-0.39, 0.29) is 40.6 Å². The highest BCUT2D eigenvalue weighted by atomic mass is 35.5. The summed E-state index contributed by atoms with van der Waals surface area (Å²) in [5.41, 5.74) is 6.92. The number of anilines is 3. The number of aliphatic hydroxyl groups excluding tert-OH is 1. The number of primary amides is 1. The van der Waals surface area contributed by atoms with Gasteiger partial charge in [0.2, 0.25) is 17.8 Å². The fourth-order valence-electron chi connectivity index (χ4n) is 4.05. The second-order valence-electron chi connectivity index (χ2n) is 8.21. The Hall–Kier alpha value is -2.69. The molecule has 1 aliphatic carbocycles. The number of carbonyl (C=O) groups is 1. The predicted molar refractivity (Wildman–Crippen MR) is 125 cm³/mol. The van der Waals surface area contributed by atoms with Crippen molar-refractivity contribution in [3.8, 4) is 0 Å². The lowest BCUT2D eigenvalue weighted by Gasteiger charge is -2.29. The third-order valence-corrected chi connectivity index (χ3v) is 6.39. The zero-order valence-corrected chi connectivity index (χ0v) is 19.4. The van der Waals surface area contributed by atoms with Crippen molar-refractivity contribution in [2.24, 2.45) is 11.7 Å². The minimum Gasteiger partial charge on any atom is -0.394 e. The Morgan fingerprint density at radius 3 is 2.55 bits per heavy atom. The summed E-state index contributed by atoms with van der Waals surface area (Å²) < 4.78 is 15.6. The Balaban J connectivity index is 1.77.